The van der Waals surface area contributed by atoms with Crippen LogP contribution in [0.25, 0.3) is 0 Å². The van der Waals surface area contributed by atoms with Crippen LogP contribution in [0.3, 0.4) is 0 Å². The fraction of sp³-hybridized carbons (Fsp3) is 0.643. The van der Waals surface area contributed by atoms with Crippen LogP contribution in [0.4, 0.5) is 5.82 Å². The molecule has 0 spiro atoms. The lowest BCUT2D eigenvalue weighted by Crippen LogP contribution is -2.37. The molecule has 1 aliphatic rings. The number of nitrogens with zero attached hydrogens (tertiary/aromatic N) is 1. The van der Waals surface area contributed by atoms with E-state index in [2.05, 4.69) is 21.9 Å². The SMILES string of the molecule is CNc1cc(S(=O)(=O)NCC2(C)CCCCC2)ccn1. The van der Waals surface area contributed by atoms with Crippen molar-refractivity contribution in [3.05, 3.63) is 18.3 Å². The van der Waals surface area contributed by atoms with Crippen LogP contribution in [0.1, 0.15) is 39.0 Å². The average molecular weight is 297 g/mol. The molecule has 0 aromatic carbocycles. The van der Waals surface area contributed by atoms with Crippen molar-refractivity contribution >= 4 is 15.8 Å². The van der Waals surface area contributed by atoms with Crippen molar-refractivity contribution in [2.45, 2.75) is 43.9 Å². The van der Waals surface area contributed by atoms with Crippen molar-refractivity contribution in [3.8, 4) is 0 Å². The van der Waals surface area contributed by atoms with Gasteiger partial charge in [0.25, 0.3) is 0 Å². The van der Waals surface area contributed by atoms with E-state index in [-0.39, 0.29) is 10.3 Å². The van der Waals surface area contributed by atoms with Crippen molar-refractivity contribution in [2.75, 3.05) is 18.9 Å². The lowest BCUT2D eigenvalue weighted by atomic mass is 9.76. The summed E-state index contributed by atoms with van der Waals surface area (Å²) in [6.07, 6.45) is 7.33. The first-order valence-electron chi connectivity index (χ1n) is 7.09. The molecule has 112 valence electrons. The van der Waals surface area contributed by atoms with Crippen molar-refractivity contribution in [1.29, 1.82) is 0 Å². The fourth-order valence-corrected chi connectivity index (χ4v) is 3.86. The highest BCUT2D eigenvalue weighted by atomic mass is 32.2. The maximum absolute atomic E-state index is 12.3. The second-order valence-electron chi connectivity index (χ2n) is 5.82. The summed E-state index contributed by atoms with van der Waals surface area (Å²) in [5.74, 6) is 0.553. The maximum Gasteiger partial charge on any atom is 0.240 e. The number of hydrogen-bond acceptors (Lipinski definition) is 4. The van der Waals surface area contributed by atoms with Crippen LogP contribution in [-0.4, -0.2) is 27.0 Å². The lowest BCUT2D eigenvalue weighted by molar-refractivity contribution is 0.219. The third kappa shape index (κ3) is 3.70. The predicted molar refractivity (Wildman–Crippen MR) is 80.2 cm³/mol. The van der Waals surface area contributed by atoms with Gasteiger partial charge in [-0.05, 0) is 24.3 Å². The predicted octanol–water partition coefficient (Wildman–Crippen LogP) is 2.37. The van der Waals surface area contributed by atoms with Crippen molar-refractivity contribution in [3.63, 3.8) is 0 Å². The van der Waals surface area contributed by atoms with Gasteiger partial charge in [0.05, 0.1) is 4.90 Å². The van der Waals surface area contributed by atoms with E-state index in [4.69, 9.17) is 0 Å². The van der Waals surface area contributed by atoms with E-state index in [1.54, 1.807) is 13.1 Å². The molecule has 1 aromatic heterocycles. The summed E-state index contributed by atoms with van der Waals surface area (Å²) in [6.45, 7) is 2.67. The molecule has 0 bridgehead atoms. The number of rotatable bonds is 5. The third-order valence-electron chi connectivity index (χ3n) is 4.05. The Hall–Kier alpha value is -1.14. The Bertz CT molecular complexity index is 551. The third-order valence-corrected chi connectivity index (χ3v) is 5.45. The van der Waals surface area contributed by atoms with Gasteiger partial charge < -0.3 is 5.32 Å². The molecular formula is C14H23N3O2S. The fourth-order valence-electron chi connectivity index (χ4n) is 2.65. The zero-order valence-corrected chi connectivity index (χ0v) is 13.0. The molecule has 0 atom stereocenters. The Labute approximate surface area is 121 Å². The van der Waals surface area contributed by atoms with Gasteiger partial charge in [-0.15, -0.1) is 0 Å². The Morgan fingerprint density at radius 3 is 2.65 bits per heavy atom. The summed E-state index contributed by atoms with van der Waals surface area (Å²) in [7, 11) is -1.74. The number of aromatic nitrogens is 1. The van der Waals surface area contributed by atoms with Gasteiger partial charge in [0.2, 0.25) is 10.0 Å². The zero-order chi connectivity index (χ0) is 14.6. The molecule has 0 aliphatic heterocycles. The minimum Gasteiger partial charge on any atom is -0.373 e. The Kier molecular flexibility index (Phi) is 4.65. The summed E-state index contributed by atoms with van der Waals surface area (Å²) in [4.78, 5) is 4.29. The van der Waals surface area contributed by atoms with Gasteiger partial charge >= 0.3 is 0 Å². The van der Waals surface area contributed by atoms with Crippen LogP contribution in [0.15, 0.2) is 23.2 Å². The van der Waals surface area contributed by atoms with E-state index >= 15 is 0 Å². The summed E-state index contributed by atoms with van der Waals surface area (Å²) in [6, 6.07) is 3.07. The van der Waals surface area contributed by atoms with Gasteiger partial charge in [-0.25, -0.2) is 18.1 Å². The Balaban J connectivity index is 2.06. The summed E-state index contributed by atoms with van der Waals surface area (Å²) in [5, 5.41) is 2.85. The average Bonchev–Trinajstić information content (AvgIpc) is 2.46. The first kappa shape index (κ1) is 15.3. The monoisotopic (exact) mass is 297 g/mol. The molecule has 6 heteroatoms. The van der Waals surface area contributed by atoms with E-state index in [9.17, 15) is 8.42 Å². The highest BCUT2D eigenvalue weighted by Crippen LogP contribution is 2.35. The molecule has 1 heterocycles. The second kappa shape index (κ2) is 6.10. The van der Waals surface area contributed by atoms with Crippen LogP contribution >= 0.6 is 0 Å². The largest absolute Gasteiger partial charge is 0.373 e. The molecule has 1 saturated carbocycles. The first-order valence-corrected chi connectivity index (χ1v) is 8.57. The Morgan fingerprint density at radius 2 is 2.00 bits per heavy atom. The smallest absolute Gasteiger partial charge is 0.240 e. The molecule has 0 saturated heterocycles. The highest BCUT2D eigenvalue weighted by molar-refractivity contribution is 7.89. The summed E-state index contributed by atoms with van der Waals surface area (Å²) in [5.41, 5.74) is 0.0875. The first-order chi connectivity index (χ1) is 9.45. The number of pyridine rings is 1. The molecule has 1 aromatic rings. The molecule has 20 heavy (non-hydrogen) atoms. The minimum atomic E-state index is -3.46. The molecule has 2 N–H and O–H groups in total. The minimum absolute atomic E-state index is 0.0875. The number of nitrogens with one attached hydrogen (secondary N) is 2. The van der Waals surface area contributed by atoms with E-state index in [0.717, 1.165) is 12.8 Å². The van der Waals surface area contributed by atoms with Gasteiger partial charge in [-0.1, -0.05) is 26.2 Å². The zero-order valence-electron chi connectivity index (χ0n) is 12.1. The normalized spacial score (nSPS) is 18.7. The standard InChI is InChI=1S/C14H23N3O2S/c1-14(7-4-3-5-8-14)11-17-20(18,19)12-6-9-16-13(10-12)15-2/h6,9-10,17H,3-5,7-8,11H2,1-2H3,(H,15,16). The van der Waals surface area contributed by atoms with E-state index in [1.807, 2.05) is 0 Å². The highest BCUT2D eigenvalue weighted by Gasteiger charge is 2.28. The number of anilines is 1. The van der Waals surface area contributed by atoms with E-state index < -0.39 is 10.0 Å². The van der Waals surface area contributed by atoms with Crippen LogP contribution in [0.5, 0.6) is 0 Å². The lowest BCUT2D eigenvalue weighted by Gasteiger charge is -2.33. The molecule has 2 rings (SSSR count). The van der Waals surface area contributed by atoms with Gasteiger partial charge in [-0.3, -0.25) is 0 Å². The summed E-state index contributed by atoms with van der Waals surface area (Å²) >= 11 is 0. The molecule has 5 nitrogen and oxygen atoms in total. The van der Waals surface area contributed by atoms with Crippen molar-refractivity contribution < 1.29 is 8.42 Å². The van der Waals surface area contributed by atoms with Crippen LogP contribution < -0.4 is 10.0 Å². The van der Waals surface area contributed by atoms with E-state index in [0.29, 0.717) is 12.4 Å². The van der Waals surface area contributed by atoms with Crippen LogP contribution in [0.2, 0.25) is 0 Å². The van der Waals surface area contributed by atoms with Gasteiger partial charge in [-0.2, -0.15) is 0 Å². The van der Waals surface area contributed by atoms with Crippen LogP contribution in [-0.2, 0) is 10.0 Å². The Morgan fingerprint density at radius 1 is 1.30 bits per heavy atom. The number of sulfonamides is 1. The second-order valence-corrected chi connectivity index (χ2v) is 7.59. The van der Waals surface area contributed by atoms with Crippen molar-refractivity contribution in [1.82, 2.24) is 9.71 Å². The van der Waals surface area contributed by atoms with Gasteiger partial charge in [0.1, 0.15) is 5.82 Å². The molecule has 0 amide bonds. The quantitative estimate of drug-likeness (QED) is 0.875. The van der Waals surface area contributed by atoms with Gasteiger partial charge in [0.15, 0.2) is 0 Å². The van der Waals surface area contributed by atoms with Crippen LogP contribution in [0, 0.1) is 5.41 Å². The summed E-state index contributed by atoms with van der Waals surface area (Å²) < 4.78 is 27.4. The maximum atomic E-state index is 12.3. The molecule has 0 radical (unpaired) electrons. The molecule has 1 aliphatic carbocycles. The van der Waals surface area contributed by atoms with E-state index in [1.165, 1.54) is 31.5 Å². The number of hydrogen-bond donors (Lipinski definition) is 2. The molecule has 1 fully saturated rings. The van der Waals surface area contributed by atoms with Gasteiger partial charge in [0, 0.05) is 25.9 Å². The topological polar surface area (TPSA) is 71.1 Å². The molecular weight excluding hydrogens is 274 g/mol. The molecule has 0 unspecified atom stereocenters. The van der Waals surface area contributed by atoms with Crippen molar-refractivity contribution in [2.24, 2.45) is 5.41 Å².